The largest absolute Gasteiger partial charge is 0.417 e. The van der Waals surface area contributed by atoms with Gasteiger partial charge in [0.2, 0.25) is 6.61 Å². The van der Waals surface area contributed by atoms with Gasteiger partial charge in [0.05, 0.1) is 17.2 Å². The van der Waals surface area contributed by atoms with Gasteiger partial charge in [-0.05, 0) is 18.2 Å². The summed E-state index contributed by atoms with van der Waals surface area (Å²) in [6, 6.07) is 4.52. The lowest BCUT2D eigenvalue weighted by Crippen LogP contribution is -2.28. The molecule has 1 heterocycles. The lowest BCUT2D eigenvalue weighted by molar-refractivity contribution is -0.137. The van der Waals surface area contributed by atoms with Crippen LogP contribution in [0.1, 0.15) is 18.1 Å². The molecular weight excluding hydrogens is 261 g/mol. The average molecular weight is 271 g/mol. The van der Waals surface area contributed by atoms with Crippen molar-refractivity contribution >= 4 is 11.6 Å². The fraction of sp³-hybridized carbons (Fsp3) is 0.333. The molecule has 0 radical (unpaired) electrons. The number of hydrogen-bond acceptors (Lipinski definition) is 2. The number of carbonyl (C=O) groups is 1. The van der Waals surface area contributed by atoms with E-state index in [1.165, 1.54) is 12.1 Å². The predicted molar refractivity (Wildman–Crippen MR) is 60.3 cm³/mol. The van der Waals surface area contributed by atoms with Crippen LogP contribution < -0.4 is 5.32 Å². The van der Waals surface area contributed by atoms with E-state index in [1.54, 1.807) is 6.92 Å². The van der Waals surface area contributed by atoms with Crippen molar-refractivity contribution in [2.24, 2.45) is 0 Å². The van der Waals surface area contributed by atoms with Crippen molar-refractivity contribution in [2.75, 3.05) is 11.9 Å². The van der Waals surface area contributed by atoms with Gasteiger partial charge in [0, 0.05) is 12.6 Å². The number of anilines is 1. The number of rotatable bonds is 2. The molecule has 1 aliphatic heterocycles. The molecule has 1 amide bonds. The zero-order valence-electron chi connectivity index (χ0n) is 9.88. The molecule has 2 N–H and O–H groups in total. The predicted octanol–water partition coefficient (Wildman–Crippen LogP) is 1.82. The van der Waals surface area contributed by atoms with Gasteiger partial charge in [-0.3, -0.25) is 4.79 Å². The van der Waals surface area contributed by atoms with E-state index in [9.17, 15) is 18.0 Å². The topological polar surface area (TPSA) is 65.7 Å². The molecule has 0 aromatic heterocycles. The molecule has 100 valence electrons. The van der Waals surface area contributed by atoms with Gasteiger partial charge >= 0.3 is 17.7 Å². The molecule has 4 nitrogen and oxygen atoms in total. The van der Waals surface area contributed by atoms with Crippen molar-refractivity contribution in [2.45, 2.75) is 18.7 Å². The van der Waals surface area contributed by atoms with Crippen LogP contribution in [0.25, 0.3) is 0 Å². The molecular formula is C12H10F3N2O2+. The summed E-state index contributed by atoms with van der Waals surface area (Å²) in [4.78, 5) is 11.7. The Balaban J connectivity index is 2.29. The van der Waals surface area contributed by atoms with Gasteiger partial charge < -0.3 is 10.1 Å². The SMILES string of the molecule is CC1(C(=O)Nc2ccc(C#N)c(C(F)(F)F)c2)C[OH+]1. The van der Waals surface area contributed by atoms with Gasteiger partial charge in [-0.2, -0.15) is 18.4 Å². The van der Waals surface area contributed by atoms with Gasteiger partial charge in [0.1, 0.15) is 0 Å². The molecule has 0 saturated carbocycles. The van der Waals surface area contributed by atoms with Crippen LogP contribution in [0.4, 0.5) is 18.9 Å². The molecule has 1 aliphatic rings. The number of nitrogens with one attached hydrogen (secondary N) is 1. The maximum absolute atomic E-state index is 12.7. The van der Waals surface area contributed by atoms with E-state index in [2.05, 4.69) is 10.1 Å². The summed E-state index contributed by atoms with van der Waals surface area (Å²) in [5.74, 6) is -0.453. The summed E-state index contributed by atoms with van der Waals surface area (Å²) in [6.45, 7) is 1.96. The van der Waals surface area contributed by atoms with Gasteiger partial charge in [0.15, 0.2) is 0 Å². The number of hydrogen-bond donors (Lipinski definition) is 1. The van der Waals surface area contributed by atoms with E-state index in [0.717, 1.165) is 12.1 Å². The Bertz CT molecular complexity index is 571. The fourth-order valence-corrected chi connectivity index (χ4v) is 1.48. The number of halogens is 3. The maximum Gasteiger partial charge on any atom is 0.417 e. The van der Waals surface area contributed by atoms with Gasteiger partial charge in [-0.1, -0.05) is 0 Å². The summed E-state index contributed by atoms with van der Waals surface area (Å²) in [5, 5.41) is 11.0. The number of amides is 1. The van der Waals surface area contributed by atoms with Crippen LogP contribution in [-0.2, 0) is 11.0 Å². The van der Waals surface area contributed by atoms with Crippen LogP contribution in [0.15, 0.2) is 18.2 Å². The number of nitrogens with zero attached hydrogens (tertiary/aromatic N) is 1. The van der Waals surface area contributed by atoms with Gasteiger partial charge in [0.25, 0.3) is 0 Å². The van der Waals surface area contributed by atoms with Crippen LogP contribution in [-0.4, -0.2) is 22.9 Å². The molecule has 1 fully saturated rings. The molecule has 0 bridgehead atoms. The first-order valence-electron chi connectivity index (χ1n) is 5.38. The van der Waals surface area contributed by atoms with E-state index < -0.39 is 28.8 Å². The highest BCUT2D eigenvalue weighted by Gasteiger charge is 2.56. The minimum atomic E-state index is -4.64. The highest BCUT2D eigenvalue weighted by atomic mass is 19.4. The second kappa shape index (κ2) is 4.24. The third-order valence-corrected chi connectivity index (χ3v) is 2.82. The van der Waals surface area contributed by atoms with E-state index in [4.69, 9.17) is 5.26 Å². The smallest absolute Gasteiger partial charge is 0.410 e. The first-order chi connectivity index (χ1) is 8.76. The summed E-state index contributed by atoms with van der Waals surface area (Å²) < 4.78 is 42.0. The van der Waals surface area contributed by atoms with Crippen LogP contribution in [0, 0.1) is 11.3 Å². The Kier molecular flexibility index (Phi) is 2.98. The Hall–Kier alpha value is -2.07. The van der Waals surface area contributed by atoms with Gasteiger partial charge in [-0.15, -0.1) is 0 Å². The number of epoxide rings is 1. The minimum absolute atomic E-state index is 0.000324. The van der Waals surface area contributed by atoms with Crippen molar-refractivity contribution in [1.29, 1.82) is 5.26 Å². The summed E-state index contributed by atoms with van der Waals surface area (Å²) in [7, 11) is 0. The average Bonchev–Trinajstić information content (AvgIpc) is 3.07. The number of benzene rings is 1. The second-order valence-electron chi connectivity index (χ2n) is 4.41. The molecule has 1 unspecified atom stereocenters. The summed E-state index contributed by atoms with van der Waals surface area (Å²) in [5.41, 5.74) is -2.38. The zero-order valence-corrected chi connectivity index (χ0v) is 9.88. The minimum Gasteiger partial charge on any atom is -0.410 e. The zero-order chi connectivity index (χ0) is 14.3. The molecule has 7 heteroatoms. The lowest BCUT2D eigenvalue weighted by atomic mass is 10.1. The quantitative estimate of drug-likeness (QED) is 0.658. The molecule has 1 atom stereocenters. The standard InChI is InChI=1S/C12H9F3N2O2/c1-11(6-19-11)10(18)17-8-3-2-7(5-16)9(4-8)12(13,14)15/h2-4H,6H2,1H3,(H,17,18)/p+1. The number of aliphatic hydroxyl groups is 2. The molecule has 0 spiro atoms. The summed E-state index contributed by atoms with van der Waals surface area (Å²) >= 11 is 0. The van der Waals surface area contributed by atoms with E-state index in [1.807, 2.05) is 0 Å². The highest BCUT2D eigenvalue weighted by molar-refractivity contribution is 5.98. The number of ether oxygens (including phenoxy) is 1. The van der Waals surface area contributed by atoms with Crippen molar-refractivity contribution in [3.63, 3.8) is 0 Å². The Morgan fingerprint density at radius 2 is 2.16 bits per heavy atom. The Morgan fingerprint density at radius 1 is 1.53 bits per heavy atom. The van der Waals surface area contributed by atoms with Crippen LogP contribution in [0.5, 0.6) is 0 Å². The first-order valence-corrected chi connectivity index (χ1v) is 5.38. The number of carbonyl (C=O) groups excluding carboxylic acids is 1. The van der Waals surface area contributed by atoms with Crippen LogP contribution in [0.2, 0.25) is 0 Å². The van der Waals surface area contributed by atoms with Crippen molar-refractivity contribution < 1.29 is 22.7 Å². The number of nitriles is 1. The Labute approximate surface area is 106 Å². The molecule has 0 aliphatic carbocycles. The van der Waals surface area contributed by atoms with Crippen molar-refractivity contribution in [3.8, 4) is 6.07 Å². The summed E-state index contributed by atoms with van der Waals surface area (Å²) in [6.07, 6.45) is -4.64. The molecule has 1 aromatic carbocycles. The Morgan fingerprint density at radius 3 is 2.63 bits per heavy atom. The van der Waals surface area contributed by atoms with E-state index in [0.29, 0.717) is 6.61 Å². The third-order valence-electron chi connectivity index (χ3n) is 2.82. The normalized spacial score (nSPS) is 21.6. The fourth-order valence-electron chi connectivity index (χ4n) is 1.48. The second-order valence-corrected chi connectivity index (χ2v) is 4.41. The number of alkyl halides is 3. The molecule has 19 heavy (non-hydrogen) atoms. The highest BCUT2D eigenvalue weighted by Crippen LogP contribution is 2.34. The van der Waals surface area contributed by atoms with E-state index in [-0.39, 0.29) is 5.69 Å². The molecule has 1 saturated heterocycles. The van der Waals surface area contributed by atoms with Crippen molar-refractivity contribution in [3.05, 3.63) is 29.3 Å². The molecule has 2 rings (SSSR count). The first kappa shape index (κ1) is 13.4. The van der Waals surface area contributed by atoms with E-state index >= 15 is 0 Å². The third kappa shape index (κ3) is 2.69. The van der Waals surface area contributed by atoms with Gasteiger partial charge in [-0.25, -0.2) is 0 Å². The molecule has 1 aromatic rings. The monoisotopic (exact) mass is 271 g/mol. The van der Waals surface area contributed by atoms with Crippen LogP contribution >= 0.6 is 0 Å². The van der Waals surface area contributed by atoms with Crippen molar-refractivity contribution in [1.82, 2.24) is 0 Å². The van der Waals surface area contributed by atoms with Crippen LogP contribution in [0.3, 0.4) is 0 Å². The lowest BCUT2D eigenvalue weighted by Gasteiger charge is -2.11. The maximum atomic E-state index is 12.7.